The zero-order valence-electron chi connectivity index (χ0n) is 14.6. The van der Waals surface area contributed by atoms with Gasteiger partial charge >= 0.3 is 0 Å². The van der Waals surface area contributed by atoms with Gasteiger partial charge in [0.05, 0.1) is 24.5 Å². The lowest BCUT2D eigenvalue weighted by molar-refractivity contribution is -0.115. The summed E-state index contributed by atoms with van der Waals surface area (Å²) in [5.41, 5.74) is 5.68. The largest absolute Gasteiger partial charge is 0.494 e. The number of primary amides is 1. The predicted octanol–water partition coefficient (Wildman–Crippen LogP) is 2.47. The number of carbonyl (C=O) groups excluding carboxylic acids is 2. The first-order valence-electron chi connectivity index (χ1n) is 8.24. The van der Waals surface area contributed by atoms with Gasteiger partial charge in [0, 0.05) is 4.90 Å². The summed E-state index contributed by atoms with van der Waals surface area (Å²) in [5, 5.41) is 2.81. The molecule has 0 heterocycles. The molecule has 0 radical (unpaired) electrons. The van der Waals surface area contributed by atoms with Gasteiger partial charge in [-0.15, -0.1) is 11.8 Å². The summed E-state index contributed by atoms with van der Waals surface area (Å²) in [6, 6.07) is 14.4. The lowest BCUT2D eigenvalue weighted by Crippen LogP contribution is -2.28. The van der Waals surface area contributed by atoms with Crippen molar-refractivity contribution in [2.24, 2.45) is 5.73 Å². The van der Waals surface area contributed by atoms with Crippen molar-refractivity contribution in [3.05, 3.63) is 54.1 Å². The van der Waals surface area contributed by atoms with Gasteiger partial charge in [0.1, 0.15) is 18.1 Å². The van der Waals surface area contributed by atoms with Crippen LogP contribution in [0.25, 0.3) is 0 Å². The summed E-state index contributed by atoms with van der Waals surface area (Å²) in [6.45, 7) is 3.25. The van der Waals surface area contributed by atoms with Crippen LogP contribution in [0, 0.1) is 0 Å². The highest BCUT2D eigenvalue weighted by Crippen LogP contribution is 2.22. The Morgan fingerprint density at radius 1 is 1.04 bits per heavy atom. The van der Waals surface area contributed by atoms with Crippen LogP contribution < -0.4 is 20.5 Å². The molecule has 2 aromatic rings. The summed E-state index contributed by atoms with van der Waals surface area (Å²) in [7, 11) is 0. The minimum atomic E-state index is -0.422. The first-order valence-corrected chi connectivity index (χ1v) is 9.22. The van der Waals surface area contributed by atoms with Crippen LogP contribution >= 0.6 is 11.8 Å². The van der Waals surface area contributed by atoms with Crippen molar-refractivity contribution < 1.29 is 19.1 Å². The molecule has 0 saturated heterocycles. The van der Waals surface area contributed by atoms with Gasteiger partial charge < -0.3 is 20.5 Å². The molecule has 26 heavy (non-hydrogen) atoms. The molecule has 138 valence electrons. The van der Waals surface area contributed by atoms with Crippen LogP contribution in [0.4, 0.5) is 0 Å². The Bertz CT molecular complexity index is 735. The summed E-state index contributed by atoms with van der Waals surface area (Å²) in [5.74, 6) is 0.991. The number of hydrogen-bond acceptors (Lipinski definition) is 5. The van der Waals surface area contributed by atoms with Crippen molar-refractivity contribution in [2.75, 3.05) is 25.5 Å². The number of nitrogens with one attached hydrogen (secondary N) is 1. The molecular weight excluding hydrogens is 352 g/mol. The Kier molecular flexibility index (Phi) is 7.82. The Morgan fingerprint density at radius 3 is 2.35 bits per heavy atom. The number of thioether (sulfide) groups is 1. The topological polar surface area (TPSA) is 90.7 Å². The third-order valence-corrected chi connectivity index (χ3v) is 4.39. The summed E-state index contributed by atoms with van der Waals surface area (Å²) in [4.78, 5) is 24.0. The fraction of sp³-hybridized carbons (Fsp3) is 0.263. The van der Waals surface area contributed by atoms with Gasteiger partial charge in [-0.25, -0.2) is 0 Å². The van der Waals surface area contributed by atoms with E-state index in [1.54, 1.807) is 18.2 Å². The van der Waals surface area contributed by atoms with E-state index in [2.05, 4.69) is 5.32 Å². The van der Waals surface area contributed by atoms with Crippen LogP contribution in [0.2, 0.25) is 0 Å². The quantitative estimate of drug-likeness (QED) is 0.492. The van der Waals surface area contributed by atoms with Crippen molar-refractivity contribution in [1.82, 2.24) is 5.32 Å². The second kappa shape index (κ2) is 10.4. The number of ether oxygens (including phenoxy) is 2. The Balaban J connectivity index is 1.80. The number of benzene rings is 2. The fourth-order valence-electron chi connectivity index (χ4n) is 2.16. The minimum absolute atomic E-state index is 0.130. The van der Waals surface area contributed by atoms with Gasteiger partial charge in [-0.1, -0.05) is 12.1 Å². The van der Waals surface area contributed by atoms with Crippen molar-refractivity contribution in [1.29, 1.82) is 0 Å². The lowest BCUT2D eigenvalue weighted by atomic mass is 10.2. The molecule has 0 unspecified atom stereocenters. The van der Waals surface area contributed by atoms with E-state index in [-0.39, 0.29) is 11.7 Å². The zero-order chi connectivity index (χ0) is 18.8. The molecule has 0 saturated carbocycles. The van der Waals surface area contributed by atoms with Crippen LogP contribution in [0.1, 0.15) is 17.3 Å². The number of amides is 2. The molecule has 3 N–H and O–H groups in total. The van der Waals surface area contributed by atoms with Gasteiger partial charge in [-0.2, -0.15) is 0 Å². The number of nitrogens with two attached hydrogens (primary N) is 1. The molecule has 2 aromatic carbocycles. The minimum Gasteiger partial charge on any atom is -0.494 e. The standard InChI is InChI=1S/C19H22N2O4S/c1-2-24-14-7-9-15(10-8-14)25-12-11-21-19(23)16-5-3-4-6-17(16)26-13-18(20)22/h3-10H,2,11-13H2,1H3,(H2,20,22)(H,21,23). The molecule has 0 fully saturated rings. The molecule has 2 rings (SSSR count). The van der Waals surface area contributed by atoms with E-state index >= 15 is 0 Å². The van der Waals surface area contributed by atoms with Gasteiger partial charge in [0.2, 0.25) is 5.91 Å². The van der Waals surface area contributed by atoms with Crippen molar-refractivity contribution in [3.63, 3.8) is 0 Å². The molecule has 0 spiro atoms. The van der Waals surface area contributed by atoms with Crippen LogP contribution in [0.5, 0.6) is 11.5 Å². The van der Waals surface area contributed by atoms with Crippen molar-refractivity contribution in [3.8, 4) is 11.5 Å². The first-order chi connectivity index (χ1) is 12.6. The van der Waals surface area contributed by atoms with Gasteiger partial charge in [0.15, 0.2) is 0 Å². The average molecular weight is 374 g/mol. The second-order valence-electron chi connectivity index (χ2n) is 5.26. The zero-order valence-corrected chi connectivity index (χ0v) is 15.4. The summed E-state index contributed by atoms with van der Waals surface area (Å²) < 4.78 is 11.0. The van der Waals surface area contributed by atoms with Crippen molar-refractivity contribution >= 4 is 23.6 Å². The maximum absolute atomic E-state index is 12.3. The third kappa shape index (κ3) is 6.33. The molecule has 2 amide bonds. The number of hydrogen-bond donors (Lipinski definition) is 2. The SMILES string of the molecule is CCOc1ccc(OCCNC(=O)c2ccccc2SCC(N)=O)cc1. The normalized spacial score (nSPS) is 10.2. The van der Waals surface area contributed by atoms with Crippen LogP contribution in [0.3, 0.4) is 0 Å². The highest BCUT2D eigenvalue weighted by atomic mass is 32.2. The van der Waals surface area contributed by atoms with E-state index in [4.69, 9.17) is 15.2 Å². The highest BCUT2D eigenvalue weighted by Gasteiger charge is 2.11. The smallest absolute Gasteiger partial charge is 0.252 e. The van der Waals surface area contributed by atoms with E-state index in [1.165, 1.54) is 11.8 Å². The van der Waals surface area contributed by atoms with E-state index in [0.717, 1.165) is 10.6 Å². The second-order valence-corrected chi connectivity index (χ2v) is 6.28. The van der Waals surface area contributed by atoms with Gasteiger partial charge in [-0.05, 0) is 43.3 Å². The van der Waals surface area contributed by atoms with Crippen LogP contribution in [0.15, 0.2) is 53.4 Å². The van der Waals surface area contributed by atoms with E-state index in [1.807, 2.05) is 37.3 Å². The Hall–Kier alpha value is -2.67. The first kappa shape index (κ1) is 19.7. The van der Waals surface area contributed by atoms with Gasteiger partial charge in [-0.3, -0.25) is 9.59 Å². The number of carbonyl (C=O) groups is 2. The lowest BCUT2D eigenvalue weighted by Gasteiger charge is -2.11. The van der Waals surface area contributed by atoms with E-state index < -0.39 is 5.91 Å². The predicted molar refractivity (Wildman–Crippen MR) is 102 cm³/mol. The summed E-state index contributed by atoms with van der Waals surface area (Å²) in [6.07, 6.45) is 0. The third-order valence-electron chi connectivity index (χ3n) is 3.29. The molecule has 0 aliphatic heterocycles. The molecule has 0 atom stereocenters. The van der Waals surface area contributed by atoms with Crippen molar-refractivity contribution in [2.45, 2.75) is 11.8 Å². The Labute approximate surface area is 157 Å². The van der Waals surface area contributed by atoms with E-state index in [0.29, 0.717) is 31.1 Å². The summed E-state index contributed by atoms with van der Waals surface area (Å²) >= 11 is 1.25. The molecule has 0 aliphatic rings. The average Bonchev–Trinajstić information content (AvgIpc) is 2.65. The van der Waals surface area contributed by atoms with Crippen LogP contribution in [-0.4, -0.2) is 37.3 Å². The van der Waals surface area contributed by atoms with E-state index in [9.17, 15) is 9.59 Å². The van der Waals surface area contributed by atoms with Crippen LogP contribution in [-0.2, 0) is 4.79 Å². The highest BCUT2D eigenvalue weighted by molar-refractivity contribution is 8.00. The maximum atomic E-state index is 12.3. The molecule has 0 aromatic heterocycles. The molecule has 0 aliphatic carbocycles. The fourth-order valence-corrected chi connectivity index (χ4v) is 2.95. The Morgan fingerprint density at radius 2 is 1.69 bits per heavy atom. The number of rotatable bonds is 10. The monoisotopic (exact) mass is 374 g/mol. The molecule has 0 bridgehead atoms. The molecule has 7 heteroatoms. The molecule has 6 nitrogen and oxygen atoms in total. The molecular formula is C19H22N2O4S. The van der Waals surface area contributed by atoms with Gasteiger partial charge in [0.25, 0.3) is 5.91 Å². The maximum Gasteiger partial charge on any atom is 0.252 e.